The van der Waals surface area contributed by atoms with E-state index in [1.165, 1.54) is 40.8 Å². The summed E-state index contributed by atoms with van der Waals surface area (Å²) >= 11 is 6.75. The molecular weight excluding hydrogens is 414 g/mol. The number of fused-ring (bicyclic) bond motifs is 7. The molecule has 0 saturated carbocycles. The summed E-state index contributed by atoms with van der Waals surface area (Å²) in [5.74, 6) is 0. The summed E-state index contributed by atoms with van der Waals surface area (Å²) in [4.78, 5) is 0. The molecule has 1 N–H and O–H groups in total. The van der Waals surface area contributed by atoms with Gasteiger partial charge in [-0.3, -0.25) is 0 Å². The van der Waals surface area contributed by atoms with E-state index in [0.717, 1.165) is 27.6 Å². The maximum atomic E-state index is 6.75. The number of anilines is 2. The zero-order valence-corrected chi connectivity index (χ0v) is 20.5. The summed E-state index contributed by atoms with van der Waals surface area (Å²) in [6.45, 7) is 14.2. The summed E-state index contributed by atoms with van der Waals surface area (Å²) in [5.41, 5.74) is 9.69. The van der Waals surface area contributed by atoms with E-state index in [4.69, 9.17) is 16.0 Å². The fraction of sp³-hybridized carbons (Fsp3) is 0.379. The normalized spacial score (nSPS) is 19.8. The number of halogens is 1. The number of furan rings is 1. The van der Waals surface area contributed by atoms with Crippen LogP contribution in [0.15, 0.2) is 46.9 Å². The van der Waals surface area contributed by atoms with Gasteiger partial charge in [-0.05, 0) is 64.1 Å². The van der Waals surface area contributed by atoms with Crippen molar-refractivity contribution in [3.05, 3.63) is 69.7 Å². The van der Waals surface area contributed by atoms with Crippen LogP contribution >= 0.6 is 11.6 Å². The van der Waals surface area contributed by atoms with Crippen LogP contribution in [0.5, 0.6) is 0 Å². The molecule has 2 aliphatic rings. The number of hydrogen-bond donors (Lipinski definition) is 1. The van der Waals surface area contributed by atoms with Crippen molar-refractivity contribution < 1.29 is 4.42 Å². The largest absolute Gasteiger partial charge is 0.454 e. The van der Waals surface area contributed by atoms with Gasteiger partial charge in [-0.2, -0.15) is 0 Å². The molecule has 0 unspecified atom stereocenters. The lowest BCUT2D eigenvalue weighted by molar-refractivity contribution is 0.331. The Hall–Kier alpha value is -2.45. The van der Waals surface area contributed by atoms with Crippen molar-refractivity contribution in [1.82, 2.24) is 0 Å². The van der Waals surface area contributed by atoms with E-state index in [1.807, 2.05) is 18.2 Å². The Morgan fingerprint density at radius 3 is 2.19 bits per heavy atom. The second kappa shape index (κ2) is 6.11. The zero-order valence-electron chi connectivity index (χ0n) is 19.7. The van der Waals surface area contributed by atoms with E-state index >= 15 is 0 Å². The van der Waals surface area contributed by atoms with Crippen molar-refractivity contribution in [1.29, 1.82) is 0 Å². The quantitative estimate of drug-likeness (QED) is 0.293. The Bertz CT molecular complexity index is 1440. The molecule has 6 rings (SSSR count). The Kier molecular flexibility index (Phi) is 3.85. The molecule has 3 aromatic carbocycles. The minimum Gasteiger partial charge on any atom is -0.454 e. The van der Waals surface area contributed by atoms with E-state index in [2.05, 4.69) is 71.1 Å². The third kappa shape index (κ3) is 2.53. The first-order valence-corrected chi connectivity index (χ1v) is 12.0. The highest BCUT2D eigenvalue weighted by Crippen LogP contribution is 2.55. The topological polar surface area (TPSA) is 25.2 Å². The van der Waals surface area contributed by atoms with Crippen LogP contribution in [0.3, 0.4) is 0 Å². The molecule has 1 aromatic heterocycles. The Balaban J connectivity index is 1.69. The highest BCUT2D eigenvalue weighted by molar-refractivity contribution is 6.36. The number of hydrogen-bond acceptors (Lipinski definition) is 2. The fourth-order valence-corrected chi connectivity index (χ4v) is 6.37. The van der Waals surface area contributed by atoms with Gasteiger partial charge in [-0.25, -0.2) is 0 Å². The SMILES string of the molecule is CC1(C)CCC(C)(C)c2cc3c(cc21)Nc1cc(Cl)c2oc4ccccc4c2c1C3(C)C. The summed E-state index contributed by atoms with van der Waals surface area (Å²) in [7, 11) is 0. The van der Waals surface area contributed by atoms with Crippen LogP contribution in [0.2, 0.25) is 5.02 Å². The molecule has 2 heterocycles. The Morgan fingerprint density at radius 2 is 1.47 bits per heavy atom. The van der Waals surface area contributed by atoms with Crippen LogP contribution in [0.25, 0.3) is 21.9 Å². The maximum absolute atomic E-state index is 6.75. The standard InChI is InChI=1S/C29H30ClNO/c1-27(2)11-12-28(3,4)18-14-21-19(13-17(18)27)29(5,6)25-22(31-21)15-20(30)26-24(25)16-9-7-8-10-23(16)32-26/h7-10,13-15,31H,11-12H2,1-6H3. The van der Waals surface area contributed by atoms with Gasteiger partial charge >= 0.3 is 0 Å². The highest BCUT2D eigenvalue weighted by atomic mass is 35.5. The van der Waals surface area contributed by atoms with Crippen molar-refractivity contribution >= 4 is 44.9 Å². The molecule has 0 saturated heterocycles. The summed E-state index contributed by atoms with van der Waals surface area (Å²) in [6, 6.07) is 15.2. The van der Waals surface area contributed by atoms with Crippen LogP contribution in [-0.2, 0) is 16.2 Å². The first-order valence-electron chi connectivity index (χ1n) is 11.6. The Labute approximate surface area is 195 Å². The second-order valence-corrected chi connectivity index (χ2v) is 12.0. The molecule has 0 spiro atoms. The minimum absolute atomic E-state index is 0.174. The third-order valence-electron chi connectivity index (χ3n) is 8.16. The molecule has 4 aromatic rings. The fourth-order valence-electron chi connectivity index (χ4n) is 6.12. The first-order chi connectivity index (χ1) is 15.0. The molecule has 164 valence electrons. The second-order valence-electron chi connectivity index (χ2n) is 11.5. The van der Waals surface area contributed by atoms with Gasteiger partial charge in [0.2, 0.25) is 0 Å². The van der Waals surface area contributed by atoms with E-state index < -0.39 is 0 Å². The molecule has 0 atom stereocenters. The average molecular weight is 444 g/mol. The predicted octanol–water partition coefficient (Wildman–Crippen LogP) is 8.97. The molecule has 0 radical (unpaired) electrons. The van der Waals surface area contributed by atoms with Gasteiger partial charge in [-0.15, -0.1) is 0 Å². The monoisotopic (exact) mass is 443 g/mol. The third-order valence-corrected chi connectivity index (χ3v) is 8.44. The Morgan fingerprint density at radius 1 is 0.812 bits per heavy atom. The number of para-hydroxylation sites is 1. The van der Waals surface area contributed by atoms with Crippen molar-refractivity contribution in [3.8, 4) is 0 Å². The van der Waals surface area contributed by atoms with Gasteiger partial charge in [0, 0.05) is 27.6 Å². The number of benzene rings is 3. The van der Waals surface area contributed by atoms with E-state index in [1.54, 1.807) is 0 Å². The van der Waals surface area contributed by atoms with Gasteiger partial charge < -0.3 is 9.73 Å². The van der Waals surface area contributed by atoms with Crippen molar-refractivity contribution in [2.45, 2.75) is 70.6 Å². The lowest BCUT2D eigenvalue weighted by Gasteiger charge is -2.45. The van der Waals surface area contributed by atoms with Gasteiger partial charge in [0.15, 0.2) is 5.58 Å². The van der Waals surface area contributed by atoms with Gasteiger partial charge in [0.1, 0.15) is 5.58 Å². The van der Waals surface area contributed by atoms with Crippen LogP contribution in [0.4, 0.5) is 11.4 Å². The van der Waals surface area contributed by atoms with Gasteiger partial charge in [0.25, 0.3) is 0 Å². The minimum atomic E-state index is -0.196. The molecule has 1 aliphatic heterocycles. The molecule has 2 nitrogen and oxygen atoms in total. The molecule has 0 bridgehead atoms. The smallest absolute Gasteiger partial charge is 0.154 e. The van der Waals surface area contributed by atoms with Crippen LogP contribution in [0.1, 0.15) is 76.6 Å². The first kappa shape index (κ1) is 20.2. The lowest BCUT2D eigenvalue weighted by atomic mass is 9.61. The summed E-state index contributed by atoms with van der Waals surface area (Å²) in [5, 5.41) is 6.68. The van der Waals surface area contributed by atoms with Crippen molar-refractivity contribution in [2.75, 3.05) is 5.32 Å². The molecule has 1 aliphatic carbocycles. The van der Waals surface area contributed by atoms with Crippen LogP contribution in [0, 0.1) is 0 Å². The number of rotatable bonds is 0. The van der Waals surface area contributed by atoms with E-state index in [-0.39, 0.29) is 16.2 Å². The average Bonchev–Trinajstić information content (AvgIpc) is 3.11. The lowest BCUT2D eigenvalue weighted by Crippen LogP contribution is -2.36. The van der Waals surface area contributed by atoms with Crippen LogP contribution in [-0.4, -0.2) is 0 Å². The predicted molar refractivity (Wildman–Crippen MR) is 136 cm³/mol. The molecule has 32 heavy (non-hydrogen) atoms. The van der Waals surface area contributed by atoms with Gasteiger partial charge in [-0.1, -0.05) is 77.4 Å². The summed E-state index contributed by atoms with van der Waals surface area (Å²) in [6.07, 6.45) is 2.42. The highest BCUT2D eigenvalue weighted by Gasteiger charge is 2.42. The van der Waals surface area contributed by atoms with Crippen molar-refractivity contribution in [2.24, 2.45) is 0 Å². The molecular formula is C29H30ClNO. The number of nitrogens with one attached hydrogen (secondary N) is 1. The maximum Gasteiger partial charge on any atom is 0.154 e. The van der Waals surface area contributed by atoms with E-state index in [0.29, 0.717) is 5.02 Å². The molecule has 0 amide bonds. The van der Waals surface area contributed by atoms with E-state index in [9.17, 15) is 0 Å². The van der Waals surface area contributed by atoms with Gasteiger partial charge in [0.05, 0.1) is 5.02 Å². The van der Waals surface area contributed by atoms with Crippen molar-refractivity contribution in [3.63, 3.8) is 0 Å². The zero-order chi connectivity index (χ0) is 22.6. The molecule has 0 fully saturated rings. The van der Waals surface area contributed by atoms with Crippen LogP contribution < -0.4 is 5.32 Å². The summed E-state index contributed by atoms with van der Waals surface area (Å²) < 4.78 is 6.22. The molecule has 3 heteroatoms.